The molecule has 0 aliphatic heterocycles. The zero-order chi connectivity index (χ0) is 19.1. The summed E-state index contributed by atoms with van der Waals surface area (Å²) in [4.78, 5) is 34.6. The van der Waals surface area contributed by atoms with E-state index in [2.05, 4.69) is 9.97 Å². The fourth-order valence-electron chi connectivity index (χ4n) is 3.24. The Morgan fingerprint density at radius 2 is 1.71 bits per heavy atom. The molecule has 5 aromatic heterocycles. The number of furan rings is 1. The van der Waals surface area contributed by atoms with Crippen LogP contribution in [0.4, 0.5) is 0 Å². The molecule has 136 valence electrons. The molecule has 0 aliphatic rings. The second-order valence-electron chi connectivity index (χ2n) is 6.36. The number of pyridine rings is 4. The molecule has 0 N–H and O–H groups in total. The van der Waals surface area contributed by atoms with Crippen molar-refractivity contribution in [2.45, 2.75) is 6.54 Å². The maximum Gasteiger partial charge on any atom is 0.265 e. The van der Waals surface area contributed by atoms with Gasteiger partial charge in [-0.15, -0.1) is 0 Å². The van der Waals surface area contributed by atoms with Crippen molar-refractivity contribution in [3.63, 3.8) is 0 Å². The zero-order valence-corrected chi connectivity index (χ0v) is 14.6. The smallest absolute Gasteiger partial charge is 0.265 e. The predicted molar refractivity (Wildman–Crippen MR) is 105 cm³/mol. The van der Waals surface area contributed by atoms with Crippen LogP contribution in [0.15, 0.2) is 87.4 Å². The van der Waals surface area contributed by atoms with Crippen molar-refractivity contribution < 1.29 is 4.42 Å². The Morgan fingerprint density at radius 1 is 0.893 bits per heavy atom. The quantitative estimate of drug-likeness (QED) is 0.456. The predicted octanol–water partition coefficient (Wildman–Crippen LogP) is 2.74. The average molecular weight is 370 g/mol. The molecule has 7 heteroatoms. The molecule has 28 heavy (non-hydrogen) atoms. The number of aromatic nitrogens is 4. The minimum atomic E-state index is -0.272. The van der Waals surface area contributed by atoms with Gasteiger partial charge in [0.05, 0.1) is 34.6 Å². The Hall–Kier alpha value is -4.00. The third kappa shape index (κ3) is 2.61. The largest absolute Gasteiger partial charge is 0.467 e. The van der Waals surface area contributed by atoms with Crippen molar-refractivity contribution in [2.24, 2.45) is 0 Å². The summed E-state index contributed by atoms with van der Waals surface area (Å²) in [5, 5.41) is 0.755. The number of nitrogens with zero attached hydrogens (tertiary/aromatic N) is 4. The van der Waals surface area contributed by atoms with Gasteiger partial charge in [-0.1, -0.05) is 6.07 Å². The van der Waals surface area contributed by atoms with E-state index in [0.717, 1.165) is 0 Å². The number of rotatable bonds is 3. The molecule has 0 bridgehead atoms. The lowest BCUT2D eigenvalue weighted by molar-refractivity contribution is 0.490. The molecule has 0 amide bonds. The minimum Gasteiger partial charge on any atom is -0.467 e. The normalized spacial score (nSPS) is 11.3. The molecule has 5 rings (SSSR count). The molecule has 5 aromatic rings. The van der Waals surface area contributed by atoms with Gasteiger partial charge in [-0.2, -0.15) is 0 Å². The summed E-state index contributed by atoms with van der Waals surface area (Å²) in [6, 6.07) is 14.1. The molecule has 0 atom stereocenters. The van der Waals surface area contributed by atoms with E-state index in [0.29, 0.717) is 39.9 Å². The zero-order valence-electron chi connectivity index (χ0n) is 14.6. The third-order valence-electron chi connectivity index (χ3n) is 4.62. The average Bonchev–Trinajstić information content (AvgIpc) is 3.24. The fraction of sp³-hybridized carbons (Fsp3) is 0.0476. The van der Waals surface area contributed by atoms with Gasteiger partial charge in [0.25, 0.3) is 11.1 Å². The van der Waals surface area contributed by atoms with Gasteiger partial charge in [0.15, 0.2) is 0 Å². The van der Waals surface area contributed by atoms with Crippen molar-refractivity contribution in [3.8, 4) is 5.82 Å². The highest BCUT2D eigenvalue weighted by Gasteiger charge is 2.11. The van der Waals surface area contributed by atoms with E-state index in [4.69, 9.17) is 4.42 Å². The monoisotopic (exact) mass is 370 g/mol. The van der Waals surface area contributed by atoms with Crippen LogP contribution in [0, 0.1) is 0 Å². The van der Waals surface area contributed by atoms with Gasteiger partial charge in [0, 0.05) is 18.6 Å². The highest BCUT2D eigenvalue weighted by atomic mass is 16.3. The van der Waals surface area contributed by atoms with Crippen LogP contribution in [-0.4, -0.2) is 19.1 Å². The van der Waals surface area contributed by atoms with Crippen LogP contribution >= 0.6 is 0 Å². The van der Waals surface area contributed by atoms with Gasteiger partial charge in [-0.25, -0.2) is 9.97 Å². The van der Waals surface area contributed by atoms with Crippen LogP contribution in [0.2, 0.25) is 0 Å². The van der Waals surface area contributed by atoms with Gasteiger partial charge in [-0.05, 0) is 42.5 Å². The van der Waals surface area contributed by atoms with Gasteiger partial charge >= 0.3 is 0 Å². The molecule has 0 aliphatic carbocycles. The summed E-state index contributed by atoms with van der Waals surface area (Å²) < 4.78 is 8.30. The molecule has 5 heterocycles. The van der Waals surface area contributed by atoms with E-state index in [1.165, 1.54) is 9.13 Å². The number of hydrogen-bond acceptors (Lipinski definition) is 5. The third-order valence-corrected chi connectivity index (χ3v) is 4.62. The molecular weight excluding hydrogens is 356 g/mol. The van der Waals surface area contributed by atoms with E-state index in [9.17, 15) is 9.59 Å². The summed E-state index contributed by atoms with van der Waals surface area (Å²) in [7, 11) is 0. The van der Waals surface area contributed by atoms with Crippen LogP contribution in [-0.2, 0) is 6.54 Å². The highest BCUT2D eigenvalue weighted by molar-refractivity contribution is 5.91. The van der Waals surface area contributed by atoms with Gasteiger partial charge in [0.1, 0.15) is 11.6 Å². The van der Waals surface area contributed by atoms with Crippen molar-refractivity contribution in [1.82, 2.24) is 19.1 Å². The van der Waals surface area contributed by atoms with E-state index in [1.807, 2.05) is 6.07 Å². The van der Waals surface area contributed by atoms with E-state index in [1.54, 1.807) is 67.3 Å². The summed E-state index contributed by atoms with van der Waals surface area (Å²) in [5.74, 6) is 1.19. The van der Waals surface area contributed by atoms with Crippen LogP contribution in [0.1, 0.15) is 5.76 Å². The molecule has 7 nitrogen and oxygen atoms in total. The standard InChI is InChI=1S/C21H14N4O3/c26-20-15-12-16-18(7-10-25(21(16)27)19-5-1-2-8-22-19)23-17(15)6-9-24(20)13-14-4-3-11-28-14/h1-12H,13H2. The van der Waals surface area contributed by atoms with Gasteiger partial charge in [-0.3, -0.25) is 14.2 Å². The van der Waals surface area contributed by atoms with Crippen LogP contribution in [0.5, 0.6) is 0 Å². The Morgan fingerprint density at radius 3 is 2.46 bits per heavy atom. The highest BCUT2D eigenvalue weighted by Crippen LogP contribution is 2.15. The van der Waals surface area contributed by atoms with Gasteiger partial charge < -0.3 is 8.98 Å². The van der Waals surface area contributed by atoms with Crippen LogP contribution in [0.3, 0.4) is 0 Å². The maximum atomic E-state index is 13.0. The first kappa shape index (κ1) is 16.2. The Labute approximate surface area is 158 Å². The lowest BCUT2D eigenvalue weighted by Gasteiger charge is -2.08. The topological polar surface area (TPSA) is 82.9 Å². The van der Waals surface area contributed by atoms with E-state index < -0.39 is 0 Å². The van der Waals surface area contributed by atoms with Crippen molar-refractivity contribution in [3.05, 3.63) is 99.9 Å². The van der Waals surface area contributed by atoms with Crippen molar-refractivity contribution in [2.75, 3.05) is 0 Å². The molecule has 0 fully saturated rings. The molecule has 0 spiro atoms. The van der Waals surface area contributed by atoms with E-state index >= 15 is 0 Å². The summed E-state index contributed by atoms with van der Waals surface area (Å²) >= 11 is 0. The first-order valence-corrected chi connectivity index (χ1v) is 8.70. The Balaban J connectivity index is 1.72. The minimum absolute atomic E-state index is 0.226. The molecule has 0 saturated carbocycles. The Bertz CT molecular complexity index is 1420. The van der Waals surface area contributed by atoms with Crippen molar-refractivity contribution >= 4 is 21.8 Å². The lowest BCUT2D eigenvalue weighted by atomic mass is 10.2. The first-order chi connectivity index (χ1) is 13.7. The molecule has 0 aromatic carbocycles. The first-order valence-electron chi connectivity index (χ1n) is 8.70. The number of hydrogen-bond donors (Lipinski definition) is 0. The van der Waals surface area contributed by atoms with Crippen LogP contribution in [0.25, 0.3) is 27.6 Å². The molecule has 0 unspecified atom stereocenters. The van der Waals surface area contributed by atoms with Crippen LogP contribution < -0.4 is 11.1 Å². The summed E-state index contributed by atoms with van der Waals surface area (Å²) in [5.41, 5.74) is 0.582. The second-order valence-corrected chi connectivity index (χ2v) is 6.36. The molecule has 0 radical (unpaired) electrons. The molecular formula is C21H14N4O3. The number of fused-ring (bicyclic) bond motifs is 2. The summed E-state index contributed by atoms with van der Waals surface area (Å²) in [6.07, 6.45) is 6.51. The van der Waals surface area contributed by atoms with Gasteiger partial charge in [0.2, 0.25) is 0 Å². The molecule has 0 saturated heterocycles. The van der Waals surface area contributed by atoms with Crippen molar-refractivity contribution in [1.29, 1.82) is 0 Å². The lowest BCUT2D eigenvalue weighted by Crippen LogP contribution is -2.22. The Kier molecular flexibility index (Phi) is 3.65. The second kappa shape index (κ2) is 6.31. The summed E-state index contributed by atoms with van der Waals surface area (Å²) in [6.45, 7) is 0.312. The van der Waals surface area contributed by atoms with E-state index in [-0.39, 0.29) is 11.1 Å². The SMILES string of the molecule is O=c1c2cc3c(=O)n(-c4ccccn4)ccc3nc2ccn1Cc1ccco1. The maximum absolute atomic E-state index is 13.0. The fourth-order valence-corrected chi connectivity index (χ4v) is 3.24.